The van der Waals surface area contributed by atoms with Gasteiger partial charge in [-0.15, -0.1) is 11.3 Å². The zero-order valence-corrected chi connectivity index (χ0v) is 38.8. The minimum atomic E-state index is -3.77. The topological polar surface area (TPSA) is 111 Å². The van der Waals surface area contributed by atoms with Crippen LogP contribution in [0.5, 0.6) is 5.75 Å². The number of ketones is 1. The van der Waals surface area contributed by atoms with E-state index in [4.69, 9.17) is 14.2 Å². The van der Waals surface area contributed by atoms with Crippen molar-refractivity contribution < 1.29 is 32.2 Å². The van der Waals surface area contributed by atoms with Crippen molar-refractivity contribution in [3.63, 3.8) is 0 Å². The van der Waals surface area contributed by atoms with Gasteiger partial charge in [-0.2, -0.15) is 4.31 Å². The van der Waals surface area contributed by atoms with Gasteiger partial charge in [-0.3, -0.25) is 4.79 Å². The lowest BCUT2D eigenvalue weighted by Crippen LogP contribution is -2.42. The third-order valence-corrected chi connectivity index (χ3v) is 14.6. The number of methoxy groups -OCH3 is 1. The summed E-state index contributed by atoms with van der Waals surface area (Å²) in [5.74, 6) is 0.491. The molecule has 1 aromatic heterocycles. The minimum absolute atomic E-state index is 0.0227. The molecule has 1 aliphatic carbocycles. The molecule has 2 heterocycles. The van der Waals surface area contributed by atoms with Gasteiger partial charge in [-0.05, 0) is 137 Å². The van der Waals surface area contributed by atoms with Crippen LogP contribution in [0.1, 0.15) is 122 Å². The maximum atomic E-state index is 14.1. The largest absolute Gasteiger partial charge is 0.497 e. The number of hydrogen-bond donors (Lipinski definition) is 1. The molecule has 6 rings (SSSR count). The van der Waals surface area contributed by atoms with E-state index in [1.165, 1.54) is 4.88 Å². The van der Waals surface area contributed by atoms with E-state index in [0.717, 1.165) is 59.4 Å². The number of carbonyl (C=O) groups is 2. The van der Waals surface area contributed by atoms with E-state index in [2.05, 4.69) is 57.3 Å². The maximum Gasteiger partial charge on any atom is 0.340 e. The quantitative estimate of drug-likeness (QED) is 0.0876. The Morgan fingerprint density at radius 2 is 1.67 bits per heavy atom. The summed E-state index contributed by atoms with van der Waals surface area (Å²) < 4.78 is 47.2. The van der Waals surface area contributed by atoms with Gasteiger partial charge in [-0.1, -0.05) is 64.1 Å². The molecule has 1 N–H and O–H groups in total. The molecule has 11 heteroatoms. The lowest BCUT2D eigenvalue weighted by molar-refractivity contribution is -0.0277. The molecule has 2 aliphatic rings. The summed E-state index contributed by atoms with van der Waals surface area (Å²) in [6.45, 7) is 19.4. The molecular weight excluding hydrogens is 793 g/mol. The number of anilines is 1. The predicted molar refractivity (Wildman–Crippen MR) is 241 cm³/mol. The molecule has 1 saturated heterocycles. The molecule has 2 atom stereocenters. The fourth-order valence-corrected chi connectivity index (χ4v) is 11.5. The molecule has 1 fully saturated rings. The Balaban J connectivity index is 1.13. The first-order valence-corrected chi connectivity index (χ1v) is 23.5. The number of benzene rings is 3. The van der Waals surface area contributed by atoms with Crippen LogP contribution < -0.4 is 10.1 Å². The molecule has 4 aromatic rings. The SMILES string of the molecule is COc1ccc(S(=O)(=O)N(CC(C)C)C[C@H]2OC(C)(C)C[C@H]2Cc2ccc(NCc3ccccc3C(=O)Cc3sc4c(c3C(=O)OC(C)(C)C)CC(C)(C)CC4)cc2)cc1. The number of sulfonamides is 1. The average molecular weight is 857 g/mol. The highest BCUT2D eigenvalue weighted by molar-refractivity contribution is 7.89. The van der Waals surface area contributed by atoms with Crippen molar-refractivity contribution in [2.75, 3.05) is 25.5 Å². The number of esters is 1. The van der Waals surface area contributed by atoms with Gasteiger partial charge in [0.25, 0.3) is 0 Å². The van der Waals surface area contributed by atoms with Crippen LogP contribution in [0.2, 0.25) is 0 Å². The number of ether oxygens (including phenoxy) is 3. The van der Waals surface area contributed by atoms with E-state index in [0.29, 0.717) is 30.0 Å². The number of hydrogen-bond acceptors (Lipinski definition) is 9. The monoisotopic (exact) mass is 856 g/mol. The summed E-state index contributed by atoms with van der Waals surface area (Å²) in [7, 11) is -2.21. The standard InChI is InChI=1S/C49H64N2O7S2/c1-32(2)30-51(60(54,55)38-21-19-37(56-10)20-22-38)31-42-35(27-49(8,9)57-42)25-33-15-17-36(18-16-33)50-29-34-13-11-12-14-39(34)41(52)26-44-45(46(53)58-47(3,4)5)40-28-48(6,7)24-23-43(40)59-44/h11-22,32,35,42,50H,23-31H2,1-10H3/t35-,42-/m1/s1. The van der Waals surface area contributed by atoms with Crippen LogP contribution in [0.4, 0.5) is 5.69 Å². The number of Topliss-reactive ketones (excluding diaryl/α,β-unsaturated/α-hetero) is 1. The zero-order valence-electron chi connectivity index (χ0n) is 37.1. The lowest BCUT2D eigenvalue weighted by atomic mass is 9.76. The molecule has 0 spiro atoms. The Labute approximate surface area is 362 Å². The fraction of sp³-hybridized carbons (Fsp3) is 0.510. The van der Waals surface area contributed by atoms with Gasteiger partial charge in [0.2, 0.25) is 10.0 Å². The summed E-state index contributed by atoms with van der Waals surface area (Å²) in [5.41, 5.74) is 4.29. The summed E-state index contributed by atoms with van der Waals surface area (Å²) in [6.07, 6.45) is 4.16. The molecule has 60 heavy (non-hydrogen) atoms. The van der Waals surface area contributed by atoms with Crippen LogP contribution >= 0.6 is 11.3 Å². The number of fused-ring (bicyclic) bond motifs is 1. The molecule has 0 amide bonds. The molecule has 1 aliphatic heterocycles. The van der Waals surface area contributed by atoms with Gasteiger partial charge >= 0.3 is 5.97 Å². The average Bonchev–Trinajstić information content (AvgIpc) is 3.66. The van der Waals surface area contributed by atoms with Gasteiger partial charge in [-0.25, -0.2) is 13.2 Å². The third-order valence-electron chi connectivity index (χ3n) is 11.4. The first-order chi connectivity index (χ1) is 28.1. The maximum absolute atomic E-state index is 14.1. The van der Waals surface area contributed by atoms with Crippen LogP contribution in [0.15, 0.2) is 77.7 Å². The molecule has 3 aromatic carbocycles. The van der Waals surface area contributed by atoms with Gasteiger partial charge in [0.15, 0.2) is 5.78 Å². The van der Waals surface area contributed by atoms with Crippen molar-refractivity contribution in [3.8, 4) is 5.75 Å². The molecule has 0 unspecified atom stereocenters. The number of nitrogens with one attached hydrogen (secondary N) is 1. The van der Waals surface area contributed by atoms with Crippen molar-refractivity contribution in [2.24, 2.45) is 17.3 Å². The summed E-state index contributed by atoms with van der Waals surface area (Å²) in [4.78, 5) is 29.9. The van der Waals surface area contributed by atoms with Crippen LogP contribution in [0, 0.1) is 17.3 Å². The van der Waals surface area contributed by atoms with Crippen molar-refractivity contribution >= 4 is 38.8 Å². The second-order valence-corrected chi connectivity index (χ2v) is 22.6. The summed E-state index contributed by atoms with van der Waals surface area (Å²) in [5, 5.41) is 3.52. The molecule has 0 radical (unpaired) electrons. The number of aryl methyl sites for hydroxylation is 1. The van der Waals surface area contributed by atoms with Crippen LogP contribution in [-0.4, -0.2) is 62.0 Å². The first kappa shape index (κ1) is 45.5. The van der Waals surface area contributed by atoms with E-state index in [1.54, 1.807) is 47.0 Å². The smallest absolute Gasteiger partial charge is 0.340 e. The minimum Gasteiger partial charge on any atom is -0.497 e. The normalized spacial score (nSPS) is 18.7. The highest BCUT2D eigenvalue weighted by Gasteiger charge is 2.43. The van der Waals surface area contributed by atoms with Crippen LogP contribution in [0.3, 0.4) is 0 Å². The van der Waals surface area contributed by atoms with Gasteiger partial charge in [0.05, 0.1) is 29.3 Å². The summed E-state index contributed by atoms with van der Waals surface area (Å²) >= 11 is 1.60. The van der Waals surface area contributed by atoms with Gasteiger partial charge in [0, 0.05) is 47.1 Å². The Morgan fingerprint density at radius 1 is 0.983 bits per heavy atom. The van der Waals surface area contributed by atoms with E-state index in [1.807, 2.05) is 58.9 Å². The molecule has 9 nitrogen and oxygen atoms in total. The lowest BCUT2D eigenvalue weighted by Gasteiger charge is -2.30. The molecule has 324 valence electrons. The molecular formula is C49H64N2O7S2. The third kappa shape index (κ3) is 11.3. The first-order valence-electron chi connectivity index (χ1n) is 21.3. The van der Waals surface area contributed by atoms with Gasteiger partial charge < -0.3 is 19.5 Å². The molecule has 0 bridgehead atoms. The zero-order chi connectivity index (χ0) is 43.6. The van der Waals surface area contributed by atoms with Gasteiger partial charge in [0.1, 0.15) is 11.4 Å². The predicted octanol–water partition coefficient (Wildman–Crippen LogP) is 10.3. The number of thiophene rings is 1. The molecule has 0 saturated carbocycles. The van der Waals surface area contributed by atoms with Crippen molar-refractivity contribution in [1.82, 2.24) is 4.31 Å². The highest BCUT2D eigenvalue weighted by atomic mass is 32.2. The second-order valence-electron chi connectivity index (χ2n) is 19.4. The number of rotatable bonds is 16. The fourth-order valence-electron chi connectivity index (χ4n) is 8.60. The van der Waals surface area contributed by atoms with E-state index in [9.17, 15) is 18.0 Å². The summed E-state index contributed by atoms with van der Waals surface area (Å²) in [6, 6.07) is 22.6. The highest BCUT2D eigenvalue weighted by Crippen LogP contribution is 2.43. The van der Waals surface area contributed by atoms with Crippen LogP contribution in [-0.2, 0) is 51.7 Å². The number of carbonyl (C=O) groups excluding carboxylic acids is 2. The van der Waals surface area contributed by atoms with Crippen molar-refractivity contribution in [1.29, 1.82) is 0 Å². The number of nitrogens with zero attached hydrogens (tertiary/aromatic N) is 1. The second kappa shape index (κ2) is 18.1. The van der Waals surface area contributed by atoms with Crippen molar-refractivity contribution in [2.45, 2.75) is 130 Å². The Hall–Kier alpha value is -4.03. The Morgan fingerprint density at radius 3 is 2.32 bits per heavy atom. The Bertz CT molecular complexity index is 2250. The van der Waals surface area contributed by atoms with Crippen molar-refractivity contribution in [3.05, 3.63) is 110 Å². The van der Waals surface area contributed by atoms with E-state index in [-0.39, 0.29) is 58.6 Å². The van der Waals surface area contributed by atoms with E-state index < -0.39 is 15.6 Å². The van der Waals surface area contributed by atoms with E-state index >= 15 is 0 Å². The Kier molecular flexibility index (Phi) is 13.7. The van der Waals surface area contributed by atoms with Crippen LogP contribution in [0.25, 0.3) is 0 Å².